The summed E-state index contributed by atoms with van der Waals surface area (Å²) in [5, 5.41) is 15.1. The maximum Gasteiger partial charge on any atom is 0.303 e. The van der Waals surface area contributed by atoms with Crippen molar-refractivity contribution in [2.45, 2.75) is 101 Å². The second kappa shape index (κ2) is 10.2. The van der Waals surface area contributed by atoms with E-state index in [0.717, 1.165) is 56.7 Å². The van der Waals surface area contributed by atoms with E-state index in [4.69, 9.17) is 9.47 Å². The lowest BCUT2D eigenvalue weighted by atomic mass is 9.48. The topological polar surface area (TPSA) is 71.0 Å². The molecule has 3 fully saturated rings. The Hall–Kier alpha value is -2.83. The molecule has 1 saturated heterocycles. The van der Waals surface area contributed by atoms with Crippen LogP contribution in [0.3, 0.4) is 0 Å². The molecule has 2 aliphatic heterocycles. The minimum Gasteiger partial charge on any atom is -0.504 e. The molecule has 6 atom stereocenters. The van der Waals surface area contributed by atoms with Gasteiger partial charge in [0.05, 0.1) is 11.5 Å². The lowest BCUT2D eigenvalue weighted by molar-refractivity contribution is -0.219. The zero-order valence-electron chi connectivity index (χ0n) is 24.6. The van der Waals surface area contributed by atoms with Crippen LogP contribution in [0.15, 0.2) is 48.5 Å². The lowest BCUT2D eigenvalue weighted by Gasteiger charge is -2.65. The number of ether oxygens (including phenoxy) is 2. The molecule has 2 N–H and O–H groups in total. The third kappa shape index (κ3) is 4.40. The van der Waals surface area contributed by atoms with Gasteiger partial charge in [-0.25, -0.2) is 0 Å². The average molecular weight is 557 g/mol. The first-order valence-electron chi connectivity index (χ1n) is 15.8. The van der Waals surface area contributed by atoms with Crippen molar-refractivity contribution in [2.24, 2.45) is 11.8 Å². The van der Waals surface area contributed by atoms with Gasteiger partial charge in [-0.3, -0.25) is 9.69 Å². The molecule has 2 saturated carbocycles. The number of nitrogens with one attached hydrogen (secondary N) is 1. The van der Waals surface area contributed by atoms with E-state index in [2.05, 4.69) is 66.5 Å². The monoisotopic (exact) mass is 556 g/mol. The van der Waals surface area contributed by atoms with Crippen LogP contribution in [0.25, 0.3) is 6.08 Å². The summed E-state index contributed by atoms with van der Waals surface area (Å²) in [5.74, 6) is 1.89. The maximum absolute atomic E-state index is 12.9. The zero-order chi connectivity index (χ0) is 28.4. The van der Waals surface area contributed by atoms with Crippen LogP contribution in [0, 0.1) is 11.8 Å². The van der Waals surface area contributed by atoms with Crippen molar-refractivity contribution >= 4 is 12.0 Å². The van der Waals surface area contributed by atoms with E-state index < -0.39 is 11.0 Å². The summed E-state index contributed by atoms with van der Waals surface area (Å²) in [5.41, 5.74) is 2.41. The highest BCUT2D eigenvalue weighted by Gasteiger charge is 2.75. The number of rotatable bonds is 9. The van der Waals surface area contributed by atoms with E-state index in [9.17, 15) is 9.90 Å². The van der Waals surface area contributed by atoms with Gasteiger partial charge in [0.1, 0.15) is 11.7 Å². The van der Waals surface area contributed by atoms with E-state index in [1.54, 1.807) is 13.0 Å². The van der Waals surface area contributed by atoms with Gasteiger partial charge in [0, 0.05) is 31.1 Å². The number of hydrogen-bond donors (Lipinski definition) is 2. The maximum atomic E-state index is 12.9. The Morgan fingerprint density at radius 2 is 1.98 bits per heavy atom. The van der Waals surface area contributed by atoms with Crippen molar-refractivity contribution in [1.82, 2.24) is 10.2 Å². The number of phenols is 1. The standard InChI is InChI=1S/C35H44N2O4/c1-22(2)19-27(13-11-24-7-5-4-6-8-24)36-28-15-16-35(41-23(3)38)30-20-26-12-14-29(39)32-31(26)34(35,33(28)40-32)17-18-37(30)21-25-9-10-25/h4-8,11-14,22,25,27-28,30,33,36,39H,9-10,15-21H2,1-3H3/b13-11+/t27?,28?,30-,33?,34+,35-/m1/s1. The molecule has 2 bridgehead atoms. The Morgan fingerprint density at radius 1 is 1.17 bits per heavy atom. The van der Waals surface area contributed by atoms with Crippen LogP contribution in [0.2, 0.25) is 0 Å². The van der Waals surface area contributed by atoms with Crippen LogP contribution in [0.4, 0.5) is 0 Å². The molecule has 3 unspecified atom stereocenters. The van der Waals surface area contributed by atoms with Crippen molar-refractivity contribution < 1.29 is 19.4 Å². The van der Waals surface area contributed by atoms with Crippen molar-refractivity contribution in [3.63, 3.8) is 0 Å². The fourth-order valence-corrected chi connectivity index (χ4v) is 8.86. The molecule has 3 aliphatic carbocycles. The highest BCUT2D eigenvalue weighted by atomic mass is 16.6. The molecule has 6 heteroatoms. The molecule has 7 rings (SSSR count). The van der Waals surface area contributed by atoms with Crippen LogP contribution in [0.1, 0.15) is 76.0 Å². The second-order valence-electron chi connectivity index (χ2n) is 13.7. The van der Waals surface area contributed by atoms with Crippen LogP contribution >= 0.6 is 0 Å². The molecule has 0 amide bonds. The number of carbonyl (C=O) groups excluding carboxylic acids is 1. The first kappa shape index (κ1) is 27.0. The van der Waals surface area contributed by atoms with Crippen molar-refractivity contribution in [3.05, 3.63) is 65.2 Å². The predicted molar refractivity (Wildman–Crippen MR) is 160 cm³/mol. The summed E-state index contributed by atoms with van der Waals surface area (Å²) in [4.78, 5) is 15.5. The quantitative estimate of drug-likeness (QED) is 0.391. The van der Waals surface area contributed by atoms with Gasteiger partial charge in [-0.2, -0.15) is 0 Å². The SMILES string of the molecule is CC(=O)O[C@@]12CCC(NC(/C=C/c3ccccc3)CC(C)C)C3Oc4c(O)ccc5c4[C@@]31CCN(CC1CC1)[C@@H]2C5. The molecule has 218 valence electrons. The molecule has 0 radical (unpaired) electrons. The number of likely N-dealkylation sites (tertiary alicyclic amines) is 1. The second-order valence-corrected chi connectivity index (χ2v) is 13.7. The number of hydrogen-bond acceptors (Lipinski definition) is 6. The number of benzene rings is 2. The molecule has 2 aromatic carbocycles. The molecular formula is C35H44N2O4. The van der Waals surface area contributed by atoms with Crippen LogP contribution < -0.4 is 10.1 Å². The number of aromatic hydroxyl groups is 1. The Labute approximate surface area is 244 Å². The number of nitrogens with zero attached hydrogens (tertiary/aromatic N) is 1. The van der Waals surface area contributed by atoms with E-state index in [1.807, 2.05) is 6.07 Å². The Balaban J connectivity index is 1.29. The third-order valence-electron chi connectivity index (χ3n) is 10.5. The molecule has 41 heavy (non-hydrogen) atoms. The minimum absolute atomic E-state index is 0.0660. The Bertz CT molecular complexity index is 1340. The number of esters is 1. The zero-order valence-corrected chi connectivity index (χ0v) is 24.6. The summed E-state index contributed by atoms with van der Waals surface area (Å²) in [6.07, 6.45) is 11.2. The highest BCUT2D eigenvalue weighted by molar-refractivity contribution is 5.69. The number of carbonyl (C=O) groups is 1. The third-order valence-corrected chi connectivity index (χ3v) is 10.5. The smallest absolute Gasteiger partial charge is 0.303 e. The molecule has 5 aliphatic rings. The van der Waals surface area contributed by atoms with Crippen molar-refractivity contribution in [2.75, 3.05) is 13.1 Å². The highest BCUT2D eigenvalue weighted by Crippen LogP contribution is 2.66. The van der Waals surface area contributed by atoms with Crippen LogP contribution in [0.5, 0.6) is 11.5 Å². The summed E-state index contributed by atoms with van der Waals surface area (Å²) in [6, 6.07) is 14.7. The largest absolute Gasteiger partial charge is 0.504 e. The van der Waals surface area contributed by atoms with Crippen molar-refractivity contribution in [1.29, 1.82) is 0 Å². The van der Waals surface area contributed by atoms with E-state index >= 15 is 0 Å². The summed E-state index contributed by atoms with van der Waals surface area (Å²) in [6.45, 7) is 8.15. The van der Waals surface area contributed by atoms with E-state index in [-0.39, 0.29) is 35.9 Å². The number of phenolic OH excluding ortho intramolecular Hbond substituents is 1. The first-order chi connectivity index (χ1) is 19.8. The van der Waals surface area contributed by atoms with Gasteiger partial charge in [0.25, 0.3) is 0 Å². The Morgan fingerprint density at radius 3 is 2.71 bits per heavy atom. The van der Waals surface area contributed by atoms with Crippen LogP contribution in [-0.2, 0) is 21.4 Å². The molecule has 6 nitrogen and oxygen atoms in total. The predicted octanol–water partition coefficient (Wildman–Crippen LogP) is 5.61. The fourth-order valence-electron chi connectivity index (χ4n) is 8.86. The Kier molecular flexibility index (Phi) is 6.70. The molecule has 0 aromatic heterocycles. The summed E-state index contributed by atoms with van der Waals surface area (Å²) < 4.78 is 13.5. The molecule has 2 aromatic rings. The lowest BCUT2D eigenvalue weighted by Crippen LogP contribution is -2.79. The average Bonchev–Trinajstić information content (AvgIpc) is 3.68. The summed E-state index contributed by atoms with van der Waals surface area (Å²) in [7, 11) is 0. The summed E-state index contributed by atoms with van der Waals surface area (Å²) >= 11 is 0. The van der Waals surface area contributed by atoms with Gasteiger partial charge in [0.2, 0.25) is 0 Å². The van der Waals surface area contributed by atoms with Crippen molar-refractivity contribution in [3.8, 4) is 11.5 Å². The normalized spacial score (nSPS) is 32.5. The van der Waals surface area contributed by atoms with Gasteiger partial charge in [0.15, 0.2) is 11.5 Å². The number of piperidine rings is 1. The van der Waals surface area contributed by atoms with E-state index in [1.165, 1.54) is 24.0 Å². The van der Waals surface area contributed by atoms with Gasteiger partial charge < -0.3 is 19.9 Å². The fraction of sp³-hybridized carbons (Fsp3) is 0.571. The molecule has 1 spiro atoms. The van der Waals surface area contributed by atoms with Gasteiger partial charge in [-0.05, 0) is 80.5 Å². The van der Waals surface area contributed by atoms with E-state index in [0.29, 0.717) is 11.7 Å². The van der Waals surface area contributed by atoms with Gasteiger partial charge in [-0.15, -0.1) is 0 Å². The van der Waals surface area contributed by atoms with Crippen LogP contribution in [-0.4, -0.2) is 58.9 Å². The molecular weight excluding hydrogens is 512 g/mol. The van der Waals surface area contributed by atoms with Gasteiger partial charge >= 0.3 is 5.97 Å². The molecule has 2 heterocycles. The van der Waals surface area contributed by atoms with Gasteiger partial charge in [-0.1, -0.05) is 62.4 Å². The minimum atomic E-state index is -0.658. The first-order valence-corrected chi connectivity index (χ1v) is 15.8.